The van der Waals surface area contributed by atoms with Crippen LogP contribution in [0.2, 0.25) is 0 Å². The second-order valence-electron chi connectivity index (χ2n) is 26.5. The van der Waals surface area contributed by atoms with E-state index in [2.05, 4.69) is 72.8 Å². The predicted molar refractivity (Wildman–Crippen MR) is 367 cm³/mol. The van der Waals surface area contributed by atoms with Crippen LogP contribution in [0.1, 0.15) is 337 Å². The summed E-state index contributed by atoms with van der Waals surface area (Å²) in [6.45, 7) is 11.7. The zero-order valence-electron chi connectivity index (χ0n) is 58.8. The van der Waals surface area contributed by atoms with Crippen molar-refractivity contribution in [1.29, 1.82) is 0 Å². The van der Waals surface area contributed by atoms with Crippen LogP contribution in [-0.2, 0) is 65.4 Å². The van der Waals surface area contributed by atoms with Gasteiger partial charge >= 0.3 is 39.5 Å². The summed E-state index contributed by atoms with van der Waals surface area (Å²) in [6.07, 6.45) is 49.7. The monoisotopic (exact) mass is 1330 g/mol. The number of hydrogen-bond acceptors (Lipinski definition) is 15. The third kappa shape index (κ3) is 64.6. The average Bonchev–Trinajstić information content (AvgIpc) is 3.62. The summed E-state index contributed by atoms with van der Waals surface area (Å²) in [4.78, 5) is 72.5. The van der Waals surface area contributed by atoms with Gasteiger partial charge in [0.25, 0.3) is 0 Å². The van der Waals surface area contributed by atoms with Crippen molar-refractivity contribution in [2.75, 3.05) is 39.6 Å². The quantitative estimate of drug-likeness (QED) is 0.0169. The molecule has 0 aromatic heterocycles. The van der Waals surface area contributed by atoms with Gasteiger partial charge < -0.3 is 33.8 Å². The van der Waals surface area contributed by atoms with Gasteiger partial charge in [0.15, 0.2) is 12.2 Å². The van der Waals surface area contributed by atoms with Crippen molar-refractivity contribution in [2.24, 2.45) is 17.8 Å². The van der Waals surface area contributed by atoms with E-state index in [1.807, 2.05) is 0 Å². The Labute approximate surface area is 554 Å². The van der Waals surface area contributed by atoms with Gasteiger partial charge in [0, 0.05) is 25.7 Å². The Balaban J connectivity index is 5.21. The van der Waals surface area contributed by atoms with Gasteiger partial charge in [0.2, 0.25) is 0 Å². The van der Waals surface area contributed by atoms with E-state index in [4.69, 9.17) is 37.0 Å². The van der Waals surface area contributed by atoms with Crippen LogP contribution in [0, 0.1) is 17.8 Å². The number of aliphatic hydroxyl groups excluding tert-OH is 1. The van der Waals surface area contributed by atoms with E-state index in [0.29, 0.717) is 37.5 Å². The SMILES string of the molecule is CCCCCC/C=C\C=C/CCCCCCCC(=O)OC[C@H](COP(=O)(O)OC[C@@H](O)COP(=O)(O)OC[C@@H](COC(=O)CCCCCCCCC(C)C)OC(=O)CCCCCCCCCCCCCCCCC(C)CC)OC(=O)CCCCCCCCC(C)C. The first kappa shape index (κ1) is 88.5. The maximum absolute atomic E-state index is 13.0. The number of carbonyl (C=O) groups excluding carboxylic acids is 4. The van der Waals surface area contributed by atoms with Gasteiger partial charge in [-0.3, -0.25) is 37.3 Å². The highest BCUT2D eigenvalue weighted by Crippen LogP contribution is 2.45. The Bertz CT molecular complexity index is 1880. The minimum absolute atomic E-state index is 0.0949. The molecule has 17 nitrogen and oxygen atoms in total. The van der Waals surface area contributed by atoms with Crippen LogP contribution in [0.5, 0.6) is 0 Å². The van der Waals surface area contributed by atoms with Gasteiger partial charge in [-0.1, -0.05) is 285 Å². The summed E-state index contributed by atoms with van der Waals surface area (Å²) in [5.74, 6) is 0.0268. The van der Waals surface area contributed by atoms with E-state index < -0.39 is 97.5 Å². The molecule has 0 fully saturated rings. The lowest BCUT2D eigenvalue weighted by Gasteiger charge is -2.21. The topological polar surface area (TPSA) is 237 Å². The molecule has 0 radical (unpaired) electrons. The van der Waals surface area contributed by atoms with Crippen molar-refractivity contribution in [3.63, 3.8) is 0 Å². The number of allylic oxidation sites excluding steroid dienone is 4. The molecule has 0 rings (SSSR count). The maximum Gasteiger partial charge on any atom is 0.472 e. The zero-order valence-corrected chi connectivity index (χ0v) is 60.6. The molecule has 0 heterocycles. The molecule has 0 aromatic carbocycles. The zero-order chi connectivity index (χ0) is 67.3. The van der Waals surface area contributed by atoms with Crippen molar-refractivity contribution in [3.8, 4) is 0 Å². The summed E-state index contributed by atoms with van der Waals surface area (Å²) in [6, 6.07) is 0. The third-order valence-corrected chi connectivity index (χ3v) is 18.3. The molecule has 3 unspecified atom stereocenters. The van der Waals surface area contributed by atoms with Gasteiger partial charge in [0.05, 0.1) is 26.4 Å². The molecule has 0 aliphatic rings. The lowest BCUT2D eigenvalue weighted by molar-refractivity contribution is -0.161. The Hall–Kier alpha value is -2.46. The molecule has 3 N–H and O–H groups in total. The molecular weight excluding hydrogens is 1200 g/mol. The molecule has 0 saturated heterocycles. The minimum atomic E-state index is -4.96. The first-order valence-electron chi connectivity index (χ1n) is 36.7. The van der Waals surface area contributed by atoms with Crippen molar-refractivity contribution >= 4 is 39.5 Å². The number of esters is 4. The van der Waals surface area contributed by atoms with Gasteiger partial charge in [-0.2, -0.15) is 0 Å². The van der Waals surface area contributed by atoms with E-state index in [-0.39, 0.29) is 25.7 Å². The summed E-state index contributed by atoms with van der Waals surface area (Å²) in [5, 5.41) is 10.6. The Morgan fingerprint density at radius 2 is 0.648 bits per heavy atom. The number of phosphoric acid groups is 2. The molecule has 0 aromatic rings. The maximum atomic E-state index is 13.0. The number of phosphoric ester groups is 2. The molecule has 19 heteroatoms. The van der Waals surface area contributed by atoms with E-state index in [1.165, 1.54) is 122 Å². The molecule has 6 atom stereocenters. The lowest BCUT2D eigenvalue weighted by atomic mass is 9.99. The van der Waals surface area contributed by atoms with Crippen molar-refractivity contribution < 1.29 is 80.2 Å². The van der Waals surface area contributed by atoms with Gasteiger partial charge in [-0.25, -0.2) is 9.13 Å². The van der Waals surface area contributed by atoms with E-state index >= 15 is 0 Å². The van der Waals surface area contributed by atoms with Crippen LogP contribution in [0.25, 0.3) is 0 Å². The number of rotatable bonds is 68. The summed E-state index contributed by atoms with van der Waals surface area (Å²) < 4.78 is 68.2. The van der Waals surface area contributed by atoms with Gasteiger partial charge in [-0.15, -0.1) is 0 Å². The van der Waals surface area contributed by atoms with Crippen LogP contribution >= 0.6 is 15.6 Å². The Morgan fingerprint density at radius 3 is 0.978 bits per heavy atom. The normalized spacial score (nSPS) is 14.6. The number of ether oxygens (including phenoxy) is 4. The van der Waals surface area contributed by atoms with E-state index in [0.717, 1.165) is 121 Å². The smallest absolute Gasteiger partial charge is 0.462 e. The van der Waals surface area contributed by atoms with Crippen LogP contribution in [0.4, 0.5) is 0 Å². The van der Waals surface area contributed by atoms with Gasteiger partial charge in [-0.05, 0) is 69.1 Å². The molecular formula is C72H136O17P2. The Kier molecular flexibility index (Phi) is 60.7. The van der Waals surface area contributed by atoms with Crippen LogP contribution in [0.3, 0.4) is 0 Å². The molecule has 0 bridgehead atoms. The largest absolute Gasteiger partial charge is 0.472 e. The van der Waals surface area contributed by atoms with E-state index in [9.17, 15) is 43.2 Å². The van der Waals surface area contributed by atoms with Crippen LogP contribution in [0.15, 0.2) is 24.3 Å². The number of unbranched alkanes of at least 4 members (excludes halogenated alkanes) is 32. The second-order valence-corrected chi connectivity index (χ2v) is 29.4. The summed E-state index contributed by atoms with van der Waals surface area (Å²) in [5.41, 5.74) is 0. The molecule has 0 aliphatic carbocycles. The predicted octanol–water partition coefficient (Wildman–Crippen LogP) is 20.2. The first-order chi connectivity index (χ1) is 43.8. The molecule has 0 saturated carbocycles. The third-order valence-electron chi connectivity index (χ3n) is 16.4. The lowest BCUT2D eigenvalue weighted by Crippen LogP contribution is -2.30. The first-order valence-corrected chi connectivity index (χ1v) is 39.7. The average molecular weight is 1340 g/mol. The van der Waals surface area contributed by atoms with Crippen molar-refractivity contribution in [3.05, 3.63) is 24.3 Å². The van der Waals surface area contributed by atoms with Crippen molar-refractivity contribution in [2.45, 2.75) is 356 Å². The fourth-order valence-electron chi connectivity index (χ4n) is 10.3. The second kappa shape index (κ2) is 62.4. The highest BCUT2D eigenvalue weighted by atomic mass is 31.2. The van der Waals surface area contributed by atoms with Crippen LogP contribution < -0.4 is 0 Å². The number of carbonyl (C=O) groups is 4. The van der Waals surface area contributed by atoms with Crippen molar-refractivity contribution in [1.82, 2.24) is 0 Å². The molecule has 0 aliphatic heterocycles. The standard InChI is InChI=1S/C72H136O17P2/c1-8-10-11-12-13-14-15-16-17-21-24-27-30-39-46-53-69(74)82-59-68(89-72(77)56-49-42-35-33-37-44-51-64(5)6)62-87-91(80,81)85-58-66(73)57-84-90(78,79)86-61-67(60-83-70(75)54-47-40-34-32-36-43-50-63(3)4)88-71(76)55-48-41-31-28-25-22-19-18-20-23-26-29-38-45-52-65(7)9-2/h14-17,63-68,73H,8-13,18-62H2,1-7H3,(H,78,79)(H,80,81)/b15-14-,17-16-/t65?,66-,67+,68+/m0/s1. The molecule has 0 spiro atoms. The van der Waals surface area contributed by atoms with E-state index in [1.54, 1.807) is 0 Å². The van der Waals surface area contributed by atoms with Gasteiger partial charge in [0.1, 0.15) is 19.3 Å². The summed E-state index contributed by atoms with van der Waals surface area (Å²) in [7, 11) is -9.91. The summed E-state index contributed by atoms with van der Waals surface area (Å²) >= 11 is 0. The highest BCUT2D eigenvalue weighted by Gasteiger charge is 2.30. The number of aliphatic hydroxyl groups is 1. The van der Waals surface area contributed by atoms with Crippen LogP contribution in [-0.4, -0.2) is 96.7 Å². The minimum Gasteiger partial charge on any atom is -0.462 e. The molecule has 0 amide bonds. The fourth-order valence-corrected chi connectivity index (χ4v) is 11.9. The highest BCUT2D eigenvalue weighted by molar-refractivity contribution is 7.47. The fraction of sp³-hybridized carbons (Fsp3) is 0.889. The molecule has 536 valence electrons. The molecule has 91 heavy (non-hydrogen) atoms. The number of hydrogen-bond donors (Lipinski definition) is 3. The Morgan fingerprint density at radius 1 is 0.363 bits per heavy atom.